The molecule has 0 heterocycles. The molecular formula is C13H23P. The summed E-state index contributed by atoms with van der Waals surface area (Å²) in [6.45, 7) is 7.16. The summed E-state index contributed by atoms with van der Waals surface area (Å²) in [5, 5.41) is 1.64. The van der Waals surface area contributed by atoms with Gasteiger partial charge in [-0.2, -0.15) is 0 Å². The minimum atomic E-state index is -1.13. The van der Waals surface area contributed by atoms with Crippen LogP contribution in [0, 0.1) is 0 Å². The number of hydrogen-bond donors (Lipinski definition) is 0. The van der Waals surface area contributed by atoms with E-state index in [0.29, 0.717) is 0 Å². The van der Waals surface area contributed by atoms with Crippen molar-refractivity contribution in [2.75, 3.05) is 19.0 Å². The second-order valence-electron chi connectivity index (χ2n) is 4.43. The second kappa shape index (κ2) is 5.51. The number of rotatable bonds is 5. The van der Waals surface area contributed by atoms with Crippen molar-refractivity contribution >= 4 is 12.6 Å². The molecule has 0 nitrogen and oxygen atoms in total. The van der Waals surface area contributed by atoms with E-state index in [1.54, 1.807) is 5.30 Å². The van der Waals surface area contributed by atoms with E-state index >= 15 is 0 Å². The first kappa shape index (κ1) is 11.7. The Morgan fingerprint density at radius 1 is 0.929 bits per heavy atom. The Labute approximate surface area is 89.1 Å². The van der Waals surface area contributed by atoms with Gasteiger partial charge in [0.2, 0.25) is 0 Å². The summed E-state index contributed by atoms with van der Waals surface area (Å²) in [7, 11) is -1.13. The number of hydrogen-bond acceptors (Lipinski definition) is 0. The third kappa shape index (κ3) is 2.82. The third-order valence-corrected chi connectivity index (χ3v) is 8.01. The summed E-state index contributed by atoms with van der Waals surface area (Å²) in [4.78, 5) is 0. The van der Waals surface area contributed by atoms with Crippen molar-refractivity contribution < 1.29 is 0 Å². The molecule has 1 rings (SSSR count). The van der Waals surface area contributed by atoms with Gasteiger partial charge < -0.3 is 0 Å². The fraction of sp³-hybridized carbons (Fsp3) is 0.538. The molecule has 14 heavy (non-hydrogen) atoms. The molecule has 0 bridgehead atoms. The zero-order valence-electron chi connectivity index (χ0n) is 9.72. The Morgan fingerprint density at radius 3 is 1.86 bits per heavy atom. The molecule has 0 radical (unpaired) electrons. The molecule has 0 spiro atoms. The average Bonchev–Trinajstić information content (AvgIpc) is 2.20. The first-order valence-electron chi connectivity index (χ1n) is 5.78. The van der Waals surface area contributed by atoms with Crippen molar-refractivity contribution in [1.29, 1.82) is 0 Å². The molecule has 1 aromatic rings. The second-order valence-corrected chi connectivity index (χ2v) is 9.13. The van der Waals surface area contributed by atoms with Crippen LogP contribution in [-0.2, 0) is 0 Å². The van der Waals surface area contributed by atoms with Crippen LogP contribution in [0.2, 0.25) is 0 Å². The predicted molar refractivity (Wildman–Crippen MR) is 70.6 cm³/mol. The van der Waals surface area contributed by atoms with Crippen molar-refractivity contribution in [3.63, 3.8) is 0 Å². The summed E-state index contributed by atoms with van der Waals surface area (Å²) in [5.74, 6) is 0. The Hall–Kier alpha value is -0.350. The summed E-state index contributed by atoms with van der Waals surface area (Å²) in [5.41, 5.74) is 0. The van der Waals surface area contributed by atoms with Crippen LogP contribution in [0.25, 0.3) is 0 Å². The summed E-state index contributed by atoms with van der Waals surface area (Å²) in [6, 6.07) is 11.2. The van der Waals surface area contributed by atoms with Gasteiger partial charge in [-0.15, -0.1) is 0 Å². The fourth-order valence-corrected chi connectivity index (χ4v) is 6.39. The van der Waals surface area contributed by atoms with E-state index in [2.05, 4.69) is 50.8 Å². The van der Waals surface area contributed by atoms with Crippen LogP contribution in [0.4, 0.5) is 0 Å². The molecule has 0 aliphatic rings. The molecule has 0 N–H and O–H groups in total. The van der Waals surface area contributed by atoms with Gasteiger partial charge in [0.05, 0.1) is 0 Å². The molecule has 0 unspecified atom stereocenters. The van der Waals surface area contributed by atoms with Crippen LogP contribution < -0.4 is 5.30 Å². The molecule has 1 heteroatoms. The monoisotopic (exact) mass is 210 g/mol. The number of benzene rings is 1. The first-order valence-corrected chi connectivity index (χ1v) is 8.70. The topological polar surface area (TPSA) is 0 Å². The van der Waals surface area contributed by atoms with Gasteiger partial charge in [-0.3, -0.25) is 0 Å². The van der Waals surface area contributed by atoms with E-state index in [-0.39, 0.29) is 0 Å². The summed E-state index contributed by atoms with van der Waals surface area (Å²) in [6.07, 6.45) is 5.53. The molecular weight excluding hydrogens is 187 g/mol. The molecule has 0 saturated carbocycles. The molecule has 80 valence electrons. The van der Waals surface area contributed by atoms with Crippen molar-refractivity contribution in [2.24, 2.45) is 0 Å². The minimum absolute atomic E-state index is 1.13. The van der Waals surface area contributed by atoms with Crippen molar-refractivity contribution in [2.45, 2.75) is 26.7 Å². The van der Waals surface area contributed by atoms with Gasteiger partial charge in [0.25, 0.3) is 0 Å². The average molecular weight is 210 g/mol. The molecule has 0 aliphatic carbocycles. The quantitative estimate of drug-likeness (QED) is 0.652. The predicted octanol–water partition coefficient (Wildman–Crippen LogP) is 3.51. The molecule has 0 atom stereocenters. The van der Waals surface area contributed by atoms with Crippen molar-refractivity contribution in [1.82, 2.24) is 0 Å². The Bertz CT molecular complexity index is 247. The molecule has 0 aliphatic heterocycles. The summed E-state index contributed by atoms with van der Waals surface area (Å²) < 4.78 is 0. The molecule has 0 fully saturated rings. The Morgan fingerprint density at radius 2 is 1.43 bits per heavy atom. The van der Waals surface area contributed by atoms with E-state index in [4.69, 9.17) is 0 Å². The Kier molecular flexibility index (Phi) is 4.62. The van der Waals surface area contributed by atoms with E-state index in [9.17, 15) is 0 Å². The van der Waals surface area contributed by atoms with Crippen LogP contribution in [0.3, 0.4) is 0 Å². The van der Waals surface area contributed by atoms with Gasteiger partial charge in [0, 0.05) is 0 Å². The van der Waals surface area contributed by atoms with Crippen LogP contribution >= 0.6 is 7.26 Å². The molecule has 0 amide bonds. The van der Waals surface area contributed by atoms with Gasteiger partial charge in [0.1, 0.15) is 0 Å². The molecule has 0 saturated heterocycles. The fourth-order valence-electron chi connectivity index (χ4n) is 2.36. The van der Waals surface area contributed by atoms with Gasteiger partial charge in [-0.1, -0.05) is 0 Å². The standard InChI is InChI=1S/C13H23P/c1-4-11-14(3,12-5-2)13-9-7-6-8-10-13/h6-10,14H,4-5,11-12H2,1-3H3. The van der Waals surface area contributed by atoms with Crippen LogP contribution in [0.1, 0.15) is 26.7 Å². The first-order chi connectivity index (χ1) is 6.73. The van der Waals surface area contributed by atoms with E-state index in [1.165, 1.54) is 25.2 Å². The molecule has 0 aromatic heterocycles. The summed E-state index contributed by atoms with van der Waals surface area (Å²) >= 11 is 0. The molecule has 1 aromatic carbocycles. The van der Waals surface area contributed by atoms with Gasteiger partial charge in [-0.05, 0) is 0 Å². The van der Waals surface area contributed by atoms with Crippen molar-refractivity contribution in [3.05, 3.63) is 30.3 Å². The van der Waals surface area contributed by atoms with Crippen LogP contribution in [0.5, 0.6) is 0 Å². The van der Waals surface area contributed by atoms with Gasteiger partial charge in [-0.25, -0.2) is 0 Å². The third-order valence-electron chi connectivity index (χ3n) is 3.07. The zero-order chi connectivity index (χ0) is 10.4. The van der Waals surface area contributed by atoms with E-state index in [0.717, 1.165) is 0 Å². The van der Waals surface area contributed by atoms with E-state index in [1.807, 2.05) is 0 Å². The maximum absolute atomic E-state index is 2.54. The zero-order valence-corrected chi connectivity index (χ0v) is 10.7. The maximum atomic E-state index is 2.54. The van der Waals surface area contributed by atoms with E-state index < -0.39 is 7.26 Å². The van der Waals surface area contributed by atoms with Gasteiger partial charge >= 0.3 is 88.6 Å². The SMILES string of the molecule is CCC[PH](C)(CCC)c1ccccc1. The van der Waals surface area contributed by atoms with Crippen LogP contribution in [-0.4, -0.2) is 19.0 Å². The van der Waals surface area contributed by atoms with Crippen molar-refractivity contribution in [3.8, 4) is 0 Å². The normalized spacial score (nSPS) is 12.8. The van der Waals surface area contributed by atoms with Gasteiger partial charge in [0.15, 0.2) is 0 Å². The van der Waals surface area contributed by atoms with Crippen LogP contribution in [0.15, 0.2) is 30.3 Å². The Balaban J connectivity index is 2.87.